The Morgan fingerprint density at radius 3 is 0.812 bits per heavy atom. The smallest absolute Gasteiger partial charge is 0.0289 e. The molecule has 0 aliphatic carbocycles. The molecule has 4 aliphatic heterocycles. The van der Waals surface area contributed by atoms with Gasteiger partial charge in [-0.15, -0.1) is 0 Å². The molecule has 0 N–H and O–H groups in total. The number of rotatable bonds is 8. The third kappa shape index (κ3) is 15.7. The van der Waals surface area contributed by atoms with Gasteiger partial charge in [0.25, 0.3) is 0 Å². The highest BCUT2D eigenvalue weighted by atomic mass is 32.2. The van der Waals surface area contributed by atoms with E-state index < -0.39 is 0 Å². The van der Waals surface area contributed by atoms with E-state index in [0.29, 0.717) is 0 Å². The van der Waals surface area contributed by atoms with E-state index in [1.165, 1.54) is 95.9 Å². The van der Waals surface area contributed by atoms with Gasteiger partial charge in [-0.05, 0) is 119 Å². The molecule has 6 rings (SSSR count). The first-order valence-corrected chi connectivity index (χ1v) is 22.5. The third-order valence-corrected chi connectivity index (χ3v) is 11.2. The van der Waals surface area contributed by atoms with Crippen molar-refractivity contribution >= 4 is 47.0 Å². The van der Waals surface area contributed by atoms with Gasteiger partial charge in [0.05, 0.1) is 0 Å². The molecule has 0 atom stereocenters. The summed E-state index contributed by atoms with van der Waals surface area (Å²) in [4.78, 5) is 0. The van der Waals surface area contributed by atoms with Gasteiger partial charge in [0.1, 0.15) is 0 Å². The summed E-state index contributed by atoms with van der Waals surface area (Å²) in [5, 5.41) is 13.7. The van der Waals surface area contributed by atoms with Gasteiger partial charge in [-0.1, -0.05) is 150 Å². The Labute approximate surface area is 312 Å². The second-order valence-electron chi connectivity index (χ2n) is 12.5. The largest absolute Gasteiger partial charge is 0.0747 e. The minimum Gasteiger partial charge on any atom is -0.0747 e. The van der Waals surface area contributed by atoms with Crippen molar-refractivity contribution in [3.8, 4) is 44.7 Å². The number of aryl methyl sites for hydroxylation is 4. The van der Waals surface area contributed by atoms with Gasteiger partial charge in [0, 0.05) is 45.3 Å². The van der Waals surface area contributed by atoms with Crippen LogP contribution in [0.15, 0.2) is 24.3 Å². The molecule has 0 aromatic heterocycles. The quantitative estimate of drug-likeness (QED) is 0.250. The molecule has 0 nitrogen and oxygen atoms in total. The van der Waals surface area contributed by atoms with E-state index in [2.05, 4.69) is 96.7 Å². The molecule has 4 heterocycles. The average Bonchev–Trinajstić information content (AvgIpc) is 3.08. The Morgan fingerprint density at radius 1 is 0.375 bits per heavy atom. The molecule has 0 spiro atoms. The number of hydrogen-bond donors (Lipinski definition) is 0. The molecule has 0 radical (unpaired) electrons. The van der Waals surface area contributed by atoms with E-state index in [4.69, 9.17) is 0 Å². The van der Waals surface area contributed by atoms with Crippen LogP contribution < -0.4 is 0 Å². The Morgan fingerprint density at radius 2 is 0.604 bits per heavy atom. The van der Waals surface area contributed by atoms with Crippen LogP contribution in [0.1, 0.15) is 149 Å². The maximum Gasteiger partial charge on any atom is 0.0289 e. The Hall–Kier alpha value is -1.92. The second-order valence-corrected chi connectivity index (χ2v) is 16.1. The van der Waals surface area contributed by atoms with Crippen molar-refractivity contribution in [1.29, 1.82) is 0 Å². The molecule has 48 heavy (non-hydrogen) atoms. The maximum absolute atomic E-state index is 3.53. The van der Waals surface area contributed by atoms with Gasteiger partial charge in [0.2, 0.25) is 0 Å². The lowest BCUT2D eigenvalue weighted by Gasteiger charge is -2.10. The van der Waals surface area contributed by atoms with Gasteiger partial charge in [-0.2, -0.15) is 0 Å². The van der Waals surface area contributed by atoms with Gasteiger partial charge in [0.15, 0.2) is 0 Å². The van der Waals surface area contributed by atoms with Crippen molar-refractivity contribution in [3.63, 3.8) is 0 Å². The number of thioether (sulfide) groups is 4. The minimum atomic E-state index is 1.06. The monoisotopic (exact) mass is 712 g/mol. The summed E-state index contributed by atoms with van der Waals surface area (Å²) in [7, 11) is 0. The predicted octanol–water partition coefficient (Wildman–Crippen LogP) is 12.5. The van der Waals surface area contributed by atoms with Crippen LogP contribution in [0.25, 0.3) is 0 Å². The van der Waals surface area contributed by atoms with E-state index in [0.717, 1.165) is 74.4 Å². The van der Waals surface area contributed by atoms with Crippen LogP contribution in [0.4, 0.5) is 0 Å². The first-order valence-electron chi connectivity index (χ1n) is 18.5. The third-order valence-electron chi connectivity index (χ3n) is 8.25. The van der Waals surface area contributed by atoms with E-state index in [-0.39, 0.29) is 0 Å². The Bertz CT molecular complexity index is 1280. The summed E-state index contributed by atoms with van der Waals surface area (Å²) >= 11 is 7.12. The topological polar surface area (TPSA) is 0 Å². The Kier molecular flexibility index (Phi) is 21.9. The van der Waals surface area contributed by atoms with E-state index in [1.807, 2.05) is 0 Å². The van der Waals surface area contributed by atoms with Crippen molar-refractivity contribution in [2.75, 3.05) is 23.0 Å². The predicted molar refractivity (Wildman–Crippen MR) is 223 cm³/mol. The maximum atomic E-state index is 3.53. The lowest BCUT2D eigenvalue weighted by molar-refractivity contribution is 0.712. The molecule has 0 unspecified atom stereocenters. The molecule has 0 fully saturated rings. The lowest BCUT2D eigenvalue weighted by atomic mass is 9.94. The number of benzene rings is 2. The van der Waals surface area contributed by atoms with Crippen molar-refractivity contribution in [1.82, 2.24) is 0 Å². The summed E-state index contributed by atoms with van der Waals surface area (Å²) in [5.74, 6) is 18.5. The lowest BCUT2D eigenvalue weighted by Crippen LogP contribution is -1.98. The molecule has 0 amide bonds. The van der Waals surface area contributed by atoms with E-state index in [9.17, 15) is 0 Å². The van der Waals surface area contributed by atoms with Crippen LogP contribution in [0.5, 0.6) is 0 Å². The summed E-state index contributed by atoms with van der Waals surface area (Å²) in [6.07, 6.45) is 18.7. The van der Waals surface area contributed by atoms with Crippen LogP contribution in [-0.2, 0) is 25.7 Å². The van der Waals surface area contributed by atoms with Gasteiger partial charge < -0.3 is 0 Å². The summed E-state index contributed by atoms with van der Waals surface area (Å²) in [6, 6.07) is 9.36. The van der Waals surface area contributed by atoms with Gasteiger partial charge in [-0.25, -0.2) is 0 Å². The van der Waals surface area contributed by atoms with Crippen LogP contribution in [0.2, 0.25) is 0 Å². The molecule has 256 valence electrons. The first kappa shape index (κ1) is 40.5. The molecule has 0 saturated carbocycles. The van der Waals surface area contributed by atoms with Crippen molar-refractivity contribution in [2.45, 2.75) is 130 Å². The molecule has 4 bridgehead atoms. The molecular weight excluding hydrogens is 657 g/mol. The summed E-state index contributed by atoms with van der Waals surface area (Å²) in [6.45, 7) is 9.02. The number of hydrogen-bond acceptors (Lipinski definition) is 4. The van der Waals surface area contributed by atoms with Crippen LogP contribution in [0, 0.1) is 44.7 Å². The summed E-state index contributed by atoms with van der Waals surface area (Å²) < 4.78 is 0. The minimum absolute atomic E-state index is 1.06. The van der Waals surface area contributed by atoms with Crippen molar-refractivity contribution in [3.05, 3.63) is 68.8 Å². The average molecular weight is 713 g/mol. The van der Waals surface area contributed by atoms with Crippen molar-refractivity contribution in [2.24, 2.45) is 0 Å². The summed E-state index contributed by atoms with van der Waals surface area (Å²) in [5.41, 5.74) is 10.2. The molecule has 0 saturated heterocycles. The normalized spacial score (nSPS) is 15.2. The van der Waals surface area contributed by atoms with E-state index >= 15 is 0 Å². The zero-order valence-corrected chi connectivity index (χ0v) is 33.4. The van der Waals surface area contributed by atoms with Gasteiger partial charge in [-0.3, -0.25) is 0 Å². The van der Waals surface area contributed by atoms with Gasteiger partial charge >= 0.3 is 0 Å². The zero-order chi connectivity index (χ0) is 34.1. The standard InChI is InChI=1S/C44H56S4/c1-5-17-37-33-42-22-30-46-26-14-11-12-16-28-48-32-24-44-36-39(19-7-3)43(35-40(44)20-8-4)23-31-47-27-15-10-9-13-25-45-29-21-41(37)34-38(42)18-6-2/h33-36H,5-20,25-28H2,1-4H3. The molecule has 2 aromatic rings. The fourth-order valence-electron chi connectivity index (χ4n) is 5.72. The van der Waals surface area contributed by atoms with Crippen molar-refractivity contribution < 1.29 is 0 Å². The molecule has 4 heteroatoms. The van der Waals surface area contributed by atoms with E-state index in [1.54, 1.807) is 47.0 Å². The molecular formula is C44H56S4. The molecule has 2 aromatic carbocycles. The van der Waals surface area contributed by atoms with Crippen LogP contribution in [-0.4, -0.2) is 23.0 Å². The van der Waals surface area contributed by atoms with Crippen LogP contribution in [0.3, 0.4) is 0 Å². The first-order chi connectivity index (χ1) is 23.7. The molecule has 4 aliphatic rings. The SMILES string of the molecule is CCCc1cc2c(CCC)cc1C#CSCCCCCCSC#Cc1cc(CCC)c(cc1CCC)C#CSCCCCCCSC#C2. The van der Waals surface area contributed by atoms with Crippen LogP contribution >= 0.6 is 47.0 Å². The second kappa shape index (κ2) is 26.0. The highest BCUT2D eigenvalue weighted by Gasteiger charge is 2.09. The Balaban J connectivity index is 1.70. The highest BCUT2D eigenvalue weighted by molar-refractivity contribution is 8.04. The zero-order valence-electron chi connectivity index (χ0n) is 30.1. The fourth-order valence-corrected chi connectivity index (χ4v) is 8.25. The highest BCUT2D eigenvalue weighted by Crippen LogP contribution is 2.22. The fraction of sp³-hybridized carbons (Fsp3) is 0.545.